The lowest BCUT2D eigenvalue weighted by atomic mass is 10.1. The van der Waals surface area contributed by atoms with Gasteiger partial charge in [-0.1, -0.05) is 19.1 Å². The molecule has 0 unspecified atom stereocenters. The molecule has 0 aliphatic carbocycles. The Labute approximate surface area is 191 Å². The Bertz CT molecular complexity index is 1290. The molecule has 0 bridgehead atoms. The van der Waals surface area contributed by atoms with Crippen molar-refractivity contribution in [2.75, 3.05) is 6.61 Å². The summed E-state index contributed by atoms with van der Waals surface area (Å²) < 4.78 is 49.8. The van der Waals surface area contributed by atoms with Crippen LogP contribution in [0.15, 0.2) is 53.1 Å². The number of furan rings is 1. The van der Waals surface area contributed by atoms with E-state index in [9.17, 15) is 18.0 Å². The van der Waals surface area contributed by atoms with Gasteiger partial charge in [0.25, 0.3) is 0 Å². The highest BCUT2D eigenvalue weighted by Gasteiger charge is 2.30. The third-order valence-electron chi connectivity index (χ3n) is 5.23. The summed E-state index contributed by atoms with van der Waals surface area (Å²) in [6, 6.07) is 10.2. The van der Waals surface area contributed by atoms with E-state index in [1.807, 2.05) is 13.8 Å². The van der Waals surface area contributed by atoms with Crippen molar-refractivity contribution in [2.24, 2.45) is 0 Å². The molecule has 0 radical (unpaired) electrons. The van der Waals surface area contributed by atoms with Crippen LogP contribution in [0.4, 0.5) is 13.2 Å². The number of aliphatic carboxylic acids is 1. The van der Waals surface area contributed by atoms with Crippen LogP contribution in [0.3, 0.4) is 0 Å². The largest absolute Gasteiger partial charge is 0.493 e. The monoisotopic (exact) mass is 475 g/mol. The van der Waals surface area contributed by atoms with Crippen molar-refractivity contribution in [1.29, 1.82) is 0 Å². The van der Waals surface area contributed by atoms with Crippen LogP contribution in [-0.2, 0) is 17.4 Å². The van der Waals surface area contributed by atoms with Crippen LogP contribution in [-0.4, -0.2) is 22.7 Å². The van der Waals surface area contributed by atoms with Gasteiger partial charge in [0.2, 0.25) is 0 Å². The van der Waals surface area contributed by atoms with Gasteiger partial charge in [0.1, 0.15) is 16.3 Å². The second-order valence-electron chi connectivity index (χ2n) is 7.74. The van der Waals surface area contributed by atoms with Crippen molar-refractivity contribution in [3.8, 4) is 16.3 Å². The highest BCUT2D eigenvalue weighted by molar-refractivity contribution is 7.15. The number of ether oxygens (including phenoxy) is 1. The van der Waals surface area contributed by atoms with Crippen LogP contribution in [0.5, 0.6) is 5.75 Å². The fourth-order valence-electron chi connectivity index (χ4n) is 3.54. The van der Waals surface area contributed by atoms with E-state index < -0.39 is 17.7 Å². The molecule has 0 saturated carbocycles. The number of alkyl halides is 3. The number of fused-ring (bicyclic) bond motifs is 1. The van der Waals surface area contributed by atoms with E-state index in [2.05, 4.69) is 4.98 Å². The van der Waals surface area contributed by atoms with Crippen molar-refractivity contribution in [1.82, 2.24) is 4.98 Å². The van der Waals surface area contributed by atoms with Crippen molar-refractivity contribution < 1.29 is 32.2 Å². The summed E-state index contributed by atoms with van der Waals surface area (Å²) in [5, 5.41) is 10.4. The number of thiazole rings is 1. The summed E-state index contributed by atoms with van der Waals surface area (Å²) in [4.78, 5) is 16.6. The van der Waals surface area contributed by atoms with E-state index in [-0.39, 0.29) is 12.3 Å². The van der Waals surface area contributed by atoms with E-state index in [0.29, 0.717) is 34.1 Å². The molecular weight excluding hydrogens is 455 g/mol. The Balaban J connectivity index is 1.45. The van der Waals surface area contributed by atoms with Gasteiger partial charge in [0, 0.05) is 33.4 Å². The molecule has 1 atom stereocenters. The van der Waals surface area contributed by atoms with E-state index in [4.69, 9.17) is 14.3 Å². The zero-order valence-electron chi connectivity index (χ0n) is 17.8. The van der Waals surface area contributed by atoms with E-state index in [0.717, 1.165) is 28.1 Å². The number of benzene rings is 2. The molecule has 2 aromatic carbocycles. The molecule has 5 nitrogen and oxygen atoms in total. The summed E-state index contributed by atoms with van der Waals surface area (Å²) in [7, 11) is 0. The van der Waals surface area contributed by atoms with Gasteiger partial charge in [-0.3, -0.25) is 4.79 Å². The number of rotatable bonds is 7. The van der Waals surface area contributed by atoms with Crippen molar-refractivity contribution in [3.63, 3.8) is 0 Å². The molecule has 0 aliphatic rings. The minimum Gasteiger partial charge on any atom is -0.493 e. The number of carboxylic acid groups (broad SMARTS) is 1. The third-order valence-corrected chi connectivity index (χ3v) is 6.26. The first-order chi connectivity index (χ1) is 15.6. The molecule has 0 amide bonds. The van der Waals surface area contributed by atoms with Gasteiger partial charge in [-0.25, -0.2) is 4.98 Å². The van der Waals surface area contributed by atoms with Gasteiger partial charge in [0.15, 0.2) is 0 Å². The first-order valence-corrected chi connectivity index (χ1v) is 10.9. The van der Waals surface area contributed by atoms with Gasteiger partial charge in [-0.15, -0.1) is 11.3 Å². The third kappa shape index (κ3) is 5.03. The number of aryl methyl sites for hydroxylation is 1. The molecule has 0 fully saturated rings. The van der Waals surface area contributed by atoms with Crippen molar-refractivity contribution in [3.05, 3.63) is 70.4 Å². The molecule has 1 N–H and O–H groups in total. The Hall–Kier alpha value is -3.33. The van der Waals surface area contributed by atoms with E-state index in [1.54, 1.807) is 18.2 Å². The lowest BCUT2D eigenvalue weighted by molar-refractivity contribution is -0.138. The molecule has 0 aliphatic heterocycles. The molecule has 172 valence electrons. The van der Waals surface area contributed by atoms with Crippen molar-refractivity contribution >= 4 is 28.3 Å². The number of carbonyl (C=O) groups is 1. The minimum atomic E-state index is -4.37. The number of hydrogen-bond acceptors (Lipinski definition) is 5. The standard InChI is InChI=1S/C24H20F3NO4S/c1-13(11-31-18-7-8-19-16(9-21(29)30)12-32-20(19)10-18)22-14(2)33-23(28-22)15-3-5-17(6-4-15)24(25,26)27/h3-8,10,12-13H,9,11H2,1-2H3,(H,29,30)/t13-/m1/s1. The number of halogens is 3. The maximum atomic E-state index is 12.8. The second-order valence-corrected chi connectivity index (χ2v) is 8.94. The van der Waals surface area contributed by atoms with Crippen LogP contribution in [0.2, 0.25) is 0 Å². The smallest absolute Gasteiger partial charge is 0.416 e. The molecule has 4 rings (SSSR count). The average Bonchev–Trinajstić information content (AvgIpc) is 3.34. The van der Waals surface area contributed by atoms with Gasteiger partial charge in [-0.2, -0.15) is 13.2 Å². The summed E-state index contributed by atoms with van der Waals surface area (Å²) in [6.45, 7) is 4.23. The minimum absolute atomic E-state index is 0.0562. The summed E-state index contributed by atoms with van der Waals surface area (Å²) in [5.74, 6) is -0.401. The highest BCUT2D eigenvalue weighted by atomic mass is 32.1. The SMILES string of the molecule is Cc1sc(-c2ccc(C(F)(F)F)cc2)nc1[C@H](C)COc1ccc2c(CC(=O)O)coc2c1. The van der Waals surface area contributed by atoms with Crippen LogP contribution < -0.4 is 4.74 Å². The van der Waals surface area contributed by atoms with E-state index >= 15 is 0 Å². The average molecular weight is 475 g/mol. The maximum Gasteiger partial charge on any atom is 0.416 e. The molecule has 0 spiro atoms. The van der Waals surface area contributed by atoms with Crippen LogP contribution >= 0.6 is 11.3 Å². The first-order valence-electron chi connectivity index (χ1n) is 10.1. The predicted octanol–water partition coefficient (Wildman–Crippen LogP) is 6.69. The lowest BCUT2D eigenvalue weighted by Crippen LogP contribution is -2.08. The Kier molecular flexibility index (Phi) is 6.16. The van der Waals surface area contributed by atoms with Gasteiger partial charge >= 0.3 is 12.1 Å². The van der Waals surface area contributed by atoms with Crippen molar-refractivity contribution in [2.45, 2.75) is 32.4 Å². The lowest BCUT2D eigenvalue weighted by Gasteiger charge is -2.12. The topological polar surface area (TPSA) is 72.6 Å². The predicted molar refractivity (Wildman–Crippen MR) is 119 cm³/mol. The highest BCUT2D eigenvalue weighted by Crippen LogP contribution is 2.35. The zero-order chi connectivity index (χ0) is 23.8. The van der Waals surface area contributed by atoms with Crippen LogP contribution in [0.25, 0.3) is 21.5 Å². The molecule has 0 saturated heterocycles. The first kappa shape index (κ1) is 22.8. The van der Waals surface area contributed by atoms with Crippen LogP contribution in [0.1, 0.15) is 34.5 Å². The zero-order valence-corrected chi connectivity index (χ0v) is 18.6. The Morgan fingerprint density at radius 3 is 2.61 bits per heavy atom. The van der Waals surface area contributed by atoms with E-state index in [1.165, 1.54) is 29.7 Å². The van der Waals surface area contributed by atoms with Gasteiger partial charge < -0.3 is 14.3 Å². The van der Waals surface area contributed by atoms with Gasteiger partial charge in [-0.05, 0) is 31.2 Å². The molecule has 9 heteroatoms. The second kappa shape index (κ2) is 8.90. The number of hydrogen-bond donors (Lipinski definition) is 1. The Morgan fingerprint density at radius 2 is 1.94 bits per heavy atom. The molecule has 2 heterocycles. The Morgan fingerprint density at radius 1 is 1.21 bits per heavy atom. The normalized spacial score (nSPS) is 12.8. The summed E-state index contributed by atoms with van der Waals surface area (Å²) in [5.41, 5.74) is 1.93. The fourth-order valence-corrected chi connectivity index (χ4v) is 4.58. The number of nitrogens with zero attached hydrogens (tertiary/aromatic N) is 1. The molecular formula is C24H20F3NO4S. The molecule has 33 heavy (non-hydrogen) atoms. The quantitative estimate of drug-likeness (QED) is 0.322. The number of carboxylic acids is 1. The molecule has 4 aromatic rings. The van der Waals surface area contributed by atoms with Crippen LogP contribution in [0, 0.1) is 6.92 Å². The summed E-state index contributed by atoms with van der Waals surface area (Å²) in [6.07, 6.45) is -3.05. The fraction of sp³-hybridized carbons (Fsp3) is 0.250. The van der Waals surface area contributed by atoms with Gasteiger partial charge in [0.05, 0.1) is 30.5 Å². The maximum absolute atomic E-state index is 12.8. The molecule has 2 aromatic heterocycles. The summed E-state index contributed by atoms with van der Waals surface area (Å²) >= 11 is 1.43. The number of aromatic nitrogens is 1.